The summed E-state index contributed by atoms with van der Waals surface area (Å²) in [7, 11) is 1.40. The number of ether oxygens (including phenoxy) is 2. The van der Waals surface area contributed by atoms with Crippen LogP contribution in [0.3, 0.4) is 0 Å². The van der Waals surface area contributed by atoms with Crippen molar-refractivity contribution in [3.05, 3.63) is 45.7 Å². The number of methoxy groups -OCH3 is 1. The predicted octanol–water partition coefficient (Wildman–Crippen LogP) is 3.05. The topological polar surface area (TPSA) is 84.3 Å². The molecule has 1 rings (SSSR count). The third-order valence-electron chi connectivity index (χ3n) is 2.12. The molecular formula is C12H12FN3O3. The molecule has 100 valence electrons. The van der Waals surface area contributed by atoms with Crippen LogP contribution >= 0.6 is 0 Å². The molecule has 0 spiro atoms. The Morgan fingerprint density at radius 1 is 1.58 bits per heavy atom. The molecule has 0 aliphatic rings. The molecule has 0 aliphatic carbocycles. The molecule has 0 heterocycles. The molecule has 19 heavy (non-hydrogen) atoms. The Bertz CT molecular complexity index is 551. The maximum absolute atomic E-state index is 13.2. The fraction of sp³-hybridized carbons (Fsp3) is 0.250. The number of azide groups is 1. The molecule has 0 aromatic heterocycles. The van der Waals surface area contributed by atoms with E-state index >= 15 is 0 Å². The van der Waals surface area contributed by atoms with E-state index in [1.165, 1.54) is 25.3 Å². The number of rotatable bonds is 5. The minimum Gasteiger partial charge on any atom is -0.496 e. The molecule has 0 fully saturated rings. The van der Waals surface area contributed by atoms with Crippen molar-refractivity contribution in [2.24, 2.45) is 5.11 Å². The van der Waals surface area contributed by atoms with E-state index in [0.29, 0.717) is 5.75 Å². The van der Waals surface area contributed by atoms with Crippen LogP contribution in [0.4, 0.5) is 4.39 Å². The Kier molecular flexibility index (Phi) is 5.37. The lowest BCUT2D eigenvalue weighted by Crippen LogP contribution is -2.05. The number of hydrogen-bond acceptors (Lipinski definition) is 4. The van der Waals surface area contributed by atoms with Crippen LogP contribution in [0.5, 0.6) is 5.75 Å². The highest BCUT2D eigenvalue weighted by Gasteiger charge is 2.11. The summed E-state index contributed by atoms with van der Waals surface area (Å²) < 4.78 is 22.9. The molecule has 0 saturated heterocycles. The van der Waals surface area contributed by atoms with Gasteiger partial charge in [-0.15, -0.1) is 0 Å². The van der Waals surface area contributed by atoms with Crippen molar-refractivity contribution in [2.45, 2.75) is 6.92 Å². The van der Waals surface area contributed by atoms with Gasteiger partial charge in [-0.2, -0.15) is 0 Å². The number of benzene rings is 1. The van der Waals surface area contributed by atoms with Gasteiger partial charge in [0.15, 0.2) is 0 Å². The smallest absolute Gasteiger partial charge is 0.340 e. The summed E-state index contributed by atoms with van der Waals surface area (Å²) in [6, 6.07) is 3.78. The number of esters is 1. The maximum atomic E-state index is 13.2. The summed E-state index contributed by atoms with van der Waals surface area (Å²) in [5.74, 6) is -0.945. The van der Waals surface area contributed by atoms with Crippen molar-refractivity contribution < 1.29 is 18.7 Å². The second-order valence-corrected chi connectivity index (χ2v) is 3.33. The molecule has 0 amide bonds. The summed E-state index contributed by atoms with van der Waals surface area (Å²) in [4.78, 5) is 14.1. The van der Waals surface area contributed by atoms with E-state index in [-0.39, 0.29) is 17.9 Å². The molecule has 0 N–H and O–H groups in total. The largest absolute Gasteiger partial charge is 0.496 e. The lowest BCUT2D eigenvalue weighted by atomic mass is 10.1. The van der Waals surface area contributed by atoms with E-state index in [9.17, 15) is 9.18 Å². The Balaban J connectivity index is 3.25. The number of carbonyl (C=O) groups is 1. The number of hydrogen-bond donors (Lipinski definition) is 0. The van der Waals surface area contributed by atoms with Gasteiger partial charge in [0.2, 0.25) is 0 Å². The SMILES string of the molecule is CCOC(=O)/C(=C/c1cc(F)ccc1OC)N=[N+]=[N-]. The molecule has 0 saturated carbocycles. The summed E-state index contributed by atoms with van der Waals surface area (Å²) in [6.45, 7) is 1.76. The van der Waals surface area contributed by atoms with Gasteiger partial charge in [-0.25, -0.2) is 9.18 Å². The Hall–Kier alpha value is -2.53. The fourth-order valence-electron chi connectivity index (χ4n) is 1.35. The van der Waals surface area contributed by atoms with E-state index in [4.69, 9.17) is 15.0 Å². The molecule has 7 heteroatoms. The first-order chi connectivity index (χ1) is 9.12. The molecular weight excluding hydrogens is 253 g/mol. The molecule has 0 atom stereocenters. The summed E-state index contributed by atoms with van der Waals surface area (Å²) in [5, 5.41) is 3.23. The van der Waals surface area contributed by atoms with Crippen LogP contribution in [0.1, 0.15) is 12.5 Å². The third-order valence-corrected chi connectivity index (χ3v) is 2.12. The van der Waals surface area contributed by atoms with Gasteiger partial charge >= 0.3 is 5.97 Å². The molecule has 1 aromatic rings. The second-order valence-electron chi connectivity index (χ2n) is 3.33. The minimum atomic E-state index is -0.786. The monoisotopic (exact) mass is 265 g/mol. The second kappa shape index (κ2) is 7.03. The van der Waals surface area contributed by atoms with Gasteiger partial charge < -0.3 is 9.47 Å². The molecule has 6 nitrogen and oxygen atoms in total. The van der Waals surface area contributed by atoms with Crippen LogP contribution in [0, 0.1) is 5.82 Å². The molecule has 0 radical (unpaired) electrons. The maximum Gasteiger partial charge on any atom is 0.340 e. The Morgan fingerprint density at radius 3 is 2.89 bits per heavy atom. The van der Waals surface area contributed by atoms with E-state index in [2.05, 4.69) is 10.0 Å². The zero-order valence-electron chi connectivity index (χ0n) is 10.5. The van der Waals surface area contributed by atoms with Crippen LogP contribution in [-0.2, 0) is 9.53 Å². The highest BCUT2D eigenvalue weighted by molar-refractivity contribution is 5.93. The zero-order valence-corrected chi connectivity index (χ0v) is 10.5. The Morgan fingerprint density at radius 2 is 2.32 bits per heavy atom. The summed E-state index contributed by atoms with van der Waals surface area (Å²) in [5.41, 5.74) is 8.42. The van der Waals surface area contributed by atoms with Crippen LogP contribution in [0.2, 0.25) is 0 Å². The first-order valence-electron chi connectivity index (χ1n) is 5.39. The van der Waals surface area contributed by atoms with Crippen LogP contribution in [0.25, 0.3) is 16.5 Å². The third kappa shape index (κ3) is 4.01. The van der Waals surface area contributed by atoms with Crippen molar-refractivity contribution in [1.29, 1.82) is 0 Å². The molecule has 0 aliphatic heterocycles. The van der Waals surface area contributed by atoms with E-state index in [1.807, 2.05) is 0 Å². The first-order valence-corrected chi connectivity index (χ1v) is 5.39. The molecule has 0 bridgehead atoms. The molecule has 0 unspecified atom stereocenters. The highest BCUT2D eigenvalue weighted by Crippen LogP contribution is 2.22. The van der Waals surface area contributed by atoms with Crippen molar-refractivity contribution in [2.75, 3.05) is 13.7 Å². The first kappa shape index (κ1) is 14.5. The lowest BCUT2D eigenvalue weighted by molar-refractivity contribution is -0.138. The highest BCUT2D eigenvalue weighted by atomic mass is 19.1. The van der Waals surface area contributed by atoms with Gasteiger partial charge in [0.25, 0.3) is 0 Å². The summed E-state index contributed by atoms with van der Waals surface area (Å²) >= 11 is 0. The van der Waals surface area contributed by atoms with E-state index < -0.39 is 11.8 Å². The van der Waals surface area contributed by atoms with Crippen LogP contribution in [-0.4, -0.2) is 19.7 Å². The van der Waals surface area contributed by atoms with Crippen molar-refractivity contribution >= 4 is 12.0 Å². The van der Waals surface area contributed by atoms with E-state index in [1.54, 1.807) is 6.92 Å². The average molecular weight is 265 g/mol. The van der Waals surface area contributed by atoms with Gasteiger partial charge in [-0.1, -0.05) is 5.11 Å². The summed E-state index contributed by atoms with van der Waals surface area (Å²) in [6.07, 6.45) is 1.21. The van der Waals surface area contributed by atoms with Gasteiger partial charge in [-0.3, -0.25) is 0 Å². The van der Waals surface area contributed by atoms with Gasteiger partial charge in [0, 0.05) is 10.5 Å². The van der Waals surface area contributed by atoms with Crippen LogP contribution in [0.15, 0.2) is 29.0 Å². The number of nitrogens with zero attached hydrogens (tertiary/aromatic N) is 3. The van der Waals surface area contributed by atoms with Crippen molar-refractivity contribution in [1.82, 2.24) is 0 Å². The van der Waals surface area contributed by atoms with E-state index in [0.717, 1.165) is 6.07 Å². The van der Waals surface area contributed by atoms with Gasteiger partial charge in [-0.05, 0) is 36.7 Å². The van der Waals surface area contributed by atoms with Crippen molar-refractivity contribution in [3.8, 4) is 5.75 Å². The van der Waals surface area contributed by atoms with Crippen LogP contribution < -0.4 is 4.74 Å². The zero-order chi connectivity index (χ0) is 14.3. The number of halogens is 1. The molecule has 1 aromatic carbocycles. The average Bonchev–Trinajstić information content (AvgIpc) is 2.39. The van der Waals surface area contributed by atoms with Gasteiger partial charge in [0.05, 0.1) is 13.7 Å². The quantitative estimate of drug-likeness (QED) is 0.269. The minimum absolute atomic E-state index is 0.136. The number of carbonyl (C=O) groups excluding carboxylic acids is 1. The lowest BCUT2D eigenvalue weighted by Gasteiger charge is -2.06. The fourth-order valence-corrected chi connectivity index (χ4v) is 1.35. The normalized spacial score (nSPS) is 10.6. The van der Waals surface area contributed by atoms with Crippen molar-refractivity contribution in [3.63, 3.8) is 0 Å². The standard InChI is InChI=1S/C12H12FN3O3/c1-3-19-12(17)10(15-16-14)7-8-6-9(13)4-5-11(8)18-2/h4-7H,3H2,1-2H3/b10-7-. The predicted molar refractivity (Wildman–Crippen MR) is 66.7 cm³/mol. The van der Waals surface area contributed by atoms with Gasteiger partial charge in [0.1, 0.15) is 17.3 Å². The Labute approximate surface area is 109 Å².